The minimum Gasteiger partial charge on any atom is -0.348 e. The monoisotopic (exact) mass is 312 g/mol. The first-order valence-corrected chi connectivity index (χ1v) is 8.39. The highest BCUT2D eigenvalue weighted by molar-refractivity contribution is 5.94. The van der Waals surface area contributed by atoms with Gasteiger partial charge in [-0.25, -0.2) is 4.68 Å². The lowest BCUT2D eigenvalue weighted by molar-refractivity contribution is 0.0915. The highest BCUT2D eigenvalue weighted by Gasteiger charge is 2.24. The fourth-order valence-corrected chi connectivity index (χ4v) is 3.34. The van der Waals surface area contributed by atoms with Crippen LogP contribution in [0.5, 0.6) is 0 Å². The first kappa shape index (κ1) is 15.7. The topological polar surface area (TPSA) is 72.9 Å². The van der Waals surface area contributed by atoms with Crippen LogP contribution in [-0.2, 0) is 0 Å². The summed E-state index contributed by atoms with van der Waals surface area (Å²) in [7, 11) is 0. The minimum absolute atomic E-state index is 0.0435. The molecule has 0 radical (unpaired) electrons. The number of hydrogen-bond acceptors (Lipinski definition) is 3. The molecular weight excluding hydrogens is 288 g/mol. The summed E-state index contributed by atoms with van der Waals surface area (Å²) in [6.07, 6.45) is 9.74. The van der Waals surface area contributed by atoms with Crippen molar-refractivity contribution >= 4 is 5.91 Å². The molecule has 1 amide bonds. The summed E-state index contributed by atoms with van der Waals surface area (Å²) in [5.74, 6) is 0.471. The van der Waals surface area contributed by atoms with Crippen molar-refractivity contribution < 1.29 is 4.79 Å². The molecule has 1 saturated carbocycles. The Morgan fingerprint density at radius 2 is 2.00 bits per heavy atom. The average Bonchev–Trinajstić information content (AvgIpc) is 3.15. The van der Waals surface area contributed by atoms with Crippen molar-refractivity contribution in [2.45, 2.75) is 38.1 Å². The van der Waals surface area contributed by atoms with Crippen molar-refractivity contribution in [3.63, 3.8) is 0 Å². The van der Waals surface area contributed by atoms with E-state index in [9.17, 15) is 4.79 Å². The van der Waals surface area contributed by atoms with Gasteiger partial charge in [-0.2, -0.15) is 5.10 Å². The quantitative estimate of drug-likeness (QED) is 0.891. The van der Waals surface area contributed by atoms with E-state index in [2.05, 4.69) is 10.4 Å². The van der Waals surface area contributed by atoms with E-state index in [1.165, 1.54) is 32.1 Å². The Hall–Kier alpha value is -2.14. The molecule has 1 aromatic heterocycles. The maximum Gasteiger partial charge on any atom is 0.251 e. The molecule has 122 valence electrons. The number of benzene rings is 1. The molecule has 0 aliphatic heterocycles. The van der Waals surface area contributed by atoms with Gasteiger partial charge in [0.1, 0.15) is 0 Å². The number of rotatable bonds is 5. The van der Waals surface area contributed by atoms with E-state index in [1.807, 2.05) is 36.5 Å². The third-order valence-corrected chi connectivity index (χ3v) is 4.69. The summed E-state index contributed by atoms with van der Waals surface area (Å²) in [6, 6.07) is 9.42. The zero-order valence-electron chi connectivity index (χ0n) is 13.3. The van der Waals surface area contributed by atoms with Crippen LogP contribution in [0.25, 0.3) is 5.69 Å². The van der Waals surface area contributed by atoms with E-state index >= 15 is 0 Å². The number of aromatic nitrogens is 2. The van der Waals surface area contributed by atoms with Gasteiger partial charge in [-0.05, 0) is 49.1 Å². The molecule has 1 atom stereocenters. The van der Waals surface area contributed by atoms with Gasteiger partial charge < -0.3 is 11.1 Å². The second-order valence-corrected chi connectivity index (χ2v) is 6.21. The largest absolute Gasteiger partial charge is 0.348 e. The Morgan fingerprint density at radius 3 is 2.61 bits per heavy atom. The van der Waals surface area contributed by atoms with Crippen LogP contribution in [-0.4, -0.2) is 28.3 Å². The molecule has 1 aliphatic rings. The normalized spacial score (nSPS) is 16.9. The highest BCUT2D eigenvalue weighted by atomic mass is 16.1. The summed E-state index contributed by atoms with van der Waals surface area (Å²) in [5.41, 5.74) is 7.49. The molecule has 5 nitrogen and oxygen atoms in total. The smallest absolute Gasteiger partial charge is 0.251 e. The zero-order chi connectivity index (χ0) is 16.1. The van der Waals surface area contributed by atoms with Crippen molar-refractivity contribution in [3.8, 4) is 5.69 Å². The van der Waals surface area contributed by atoms with E-state index < -0.39 is 0 Å². The number of nitrogens with two attached hydrogens (primary N) is 1. The molecule has 0 spiro atoms. The molecule has 1 fully saturated rings. The predicted molar refractivity (Wildman–Crippen MR) is 90.4 cm³/mol. The van der Waals surface area contributed by atoms with Crippen molar-refractivity contribution in [2.24, 2.45) is 11.7 Å². The molecule has 23 heavy (non-hydrogen) atoms. The maximum atomic E-state index is 12.5. The third kappa shape index (κ3) is 3.79. The van der Waals surface area contributed by atoms with Gasteiger partial charge in [0.25, 0.3) is 5.91 Å². The van der Waals surface area contributed by atoms with Crippen molar-refractivity contribution in [1.82, 2.24) is 15.1 Å². The van der Waals surface area contributed by atoms with Crippen LogP contribution < -0.4 is 11.1 Å². The van der Waals surface area contributed by atoms with Gasteiger partial charge in [-0.3, -0.25) is 4.79 Å². The Bertz CT molecular complexity index is 615. The molecule has 0 bridgehead atoms. The standard InChI is InChI=1S/C18H24N4O/c19-13-17(14-5-2-1-3-6-14)21-18(23)15-7-9-16(10-8-15)22-12-4-11-20-22/h4,7-12,14,17H,1-3,5-6,13,19H2,(H,21,23). The second kappa shape index (κ2) is 7.42. The number of nitrogens with zero attached hydrogens (tertiary/aromatic N) is 2. The van der Waals surface area contributed by atoms with Crippen LogP contribution in [0.4, 0.5) is 0 Å². The third-order valence-electron chi connectivity index (χ3n) is 4.69. The maximum absolute atomic E-state index is 12.5. The van der Waals surface area contributed by atoms with Crippen LogP contribution >= 0.6 is 0 Å². The summed E-state index contributed by atoms with van der Waals surface area (Å²) < 4.78 is 1.77. The van der Waals surface area contributed by atoms with Gasteiger partial charge in [0.15, 0.2) is 0 Å². The fourth-order valence-electron chi connectivity index (χ4n) is 3.34. The Morgan fingerprint density at radius 1 is 1.26 bits per heavy atom. The van der Waals surface area contributed by atoms with Crippen LogP contribution in [0.2, 0.25) is 0 Å². The molecule has 1 unspecified atom stereocenters. The molecular formula is C18H24N4O. The Labute approximate surface area is 136 Å². The Balaban J connectivity index is 1.65. The first-order valence-electron chi connectivity index (χ1n) is 8.39. The molecule has 2 aromatic rings. The van der Waals surface area contributed by atoms with Crippen LogP contribution in [0.1, 0.15) is 42.5 Å². The number of amides is 1. The zero-order valence-corrected chi connectivity index (χ0v) is 13.3. The average molecular weight is 312 g/mol. The first-order chi connectivity index (χ1) is 11.3. The van der Waals surface area contributed by atoms with Gasteiger partial charge in [0, 0.05) is 30.5 Å². The van der Waals surface area contributed by atoms with Crippen molar-refractivity contribution in [3.05, 3.63) is 48.3 Å². The van der Waals surface area contributed by atoms with Crippen LogP contribution in [0.15, 0.2) is 42.7 Å². The molecule has 1 aliphatic carbocycles. The van der Waals surface area contributed by atoms with Crippen LogP contribution in [0, 0.1) is 5.92 Å². The van der Waals surface area contributed by atoms with E-state index in [1.54, 1.807) is 10.9 Å². The lowest BCUT2D eigenvalue weighted by Gasteiger charge is -2.30. The van der Waals surface area contributed by atoms with Crippen molar-refractivity contribution in [2.75, 3.05) is 6.54 Å². The number of nitrogens with one attached hydrogen (secondary N) is 1. The molecule has 3 N–H and O–H groups in total. The van der Waals surface area contributed by atoms with Gasteiger partial charge in [0.05, 0.1) is 5.69 Å². The molecule has 1 aromatic carbocycles. The lowest BCUT2D eigenvalue weighted by Crippen LogP contribution is -2.45. The summed E-state index contributed by atoms with van der Waals surface area (Å²) in [5, 5.41) is 7.30. The van der Waals surface area contributed by atoms with E-state index in [0.717, 1.165) is 5.69 Å². The van der Waals surface area contributed by atoms with Gasteiger partial charge in [-0.1, -0.05) is 19.3 Å². The summed E-state index contributed by atoms with van der Waals surface area (Å²) in [4.78, 5) is 12.5. The molecule has 1 heterocycles. The molecule has 3 rings (SSSR count). The van der Waals surface area contributed by atoms with E-state index in [-0.39, 0.29) is 11.9 Å². The van der Waals surface area contributed by atoms with Gasteiger partial charge in [-0.15, -0.1) is 0 Å². The second-order valence-electron chi connectivity index (χ2n) is 6.21. The van der Waals surface area contributed by atoms with Crippen LogP contribution in [0.3, 0.4) is 0 Å². The SMILES string of the molecule is NCC(NC(=O)c1ccc(-n2cccn2)cc1)C1CCCCC1. The van der Waals surface area contributed by atoms with Gasteiger partial charge >= 0.3 is 0 Å². The molecule has 5 heteroatoms. The van der Waals surface area contributed by atoms with Gasteiger partial charge in [0.2, 0.25) is 0 Å². The number of carbonyl (C=O) groups is 1. The number of carbonyl (C=O) groups excluding carboxylic acids is 1. The summed E-state index contributed by atoms with van der Waals surface area (Å²) in [6.45, 7) is 0.502. The predicted octanol–water partition coefficient (Wildman–Crippen LogP) is 2.51. The lowest BCUT2D eigenvalue weighted by atomic mass is 9.84. The molecule has 0 saturated heterocycles. The highest BCUT2D eigenvalue weighted by Crippen LogP contribution is 2.26. The van der Waals surface area contributed by atoms with E-state index in [0.29, 0.717) is 18.0 Å². The summed E-state index contributed by atoms with van der Waals surface area (Å²) >= 11 is 0. The number of hydrogen-bond donors (Lipinski definition) is 2. The van der Waals surface area contributed by atoms with E-state index in [4.69, 9.17) is 5.73 Å². The minimum atomic E-state index is -0.0435. The Kier molecular flexibility index (Phi) is 5.08. The fraction of sp³-hybridized carbons (Fsp3) is 0.444. The van der Waals surface area contributed by atoms with Crippen molar-refractivity contribution in [1.29, 1.82) is 0 Å².